The molecular weight excluding hydrogens is 473 g/mol. The number of sulfone groups is 1. The molecule has 0 fully saturated rings. The Bertz CT molecular complexity index is 712. The standard InChI is InChI=1S/C11H10F13NO3S/c12-6(5(25)26,1-2-8(15,16)10(19,20)21)29(27,28)4-3-7(13,14)9(17,18)11(22,23)24/h1-4H2,(H2,25,26). The van der Waals surface area contributed by atoms with E-state index < -0.39 is 75.9 Å². The second-order valence-electron chi connectivity index (χ2n) is 5.64. The summed E-state index contributed by atoms with van der Waals surface area (Å²) in [6, 6.07) is 0. The summed E-state index contributed by atoms with van der Waals surface area (Å²) in [5.74, 6) is -24.2. The van der Waals surface area contributed by atoms with Gasteiger partial charge in [0, 0.05) is 19.3 Å². The molecule has 0 aromatic rings. The van der Waals surface area contributed by atoms with Crippen LogP contribution in [0.3, 0.4) is 0 Å². The van der Waals surface area contributed by atoms with Crippen LogP contribution in [0.15, 0.2) is 0 Å². The average molecular weight is 483 g/mol. The average Bonchev–Trinajstić information content (AvgIpc) is 2.48. The van der Waals surface area contributed by atoms with Crippen LogP contribution >= 0.6 is 0 Å². The minimum Gasteiger partial charge on any atom is -0.366 e. The number of rotatable bonds is 9. The molecule has 18 heteroatoms. The van der Waals surface area contributed by atoms with E-state index in [9.17, 15) is 70.3 Å². The molecule has 0 aromatic heterocycles. The Balaban J connectivity index is 5.74. The van der Waals surface area contributed by atoms with Gasteiger partial charge in [-0.25, -0.2) is 12.8 Å². The lowest BCUT2D eigenvalue weighted by Gasteiger charge is -2.29. The molecule has 0 bridgehead atoms. The number of halogens is 13. The van der Waals surface area contributed by atoms with Crippen LogP contribution in [0, 0.1) is 0 Å². The molecule has 0 rings (SSSR count). The van der Waals surface area contributed by atoms with Crippen molar-refractivity contribution < 1.29 is 70.3 Å². The Morgan fingerprint density at radius 3 is 1.38 bits per heavy atom. The molecule has 0 saturated carbocycles. The van der Waals surface area contributed by atoms with Gasteiger partial charge in [0.1, 0.15) is 0 Å². The van der Waals surface area contributed by atoms with E-state index in [1.54, 1.807) is 0 Å². The second-order valence-corrected chi connectivity index (χ2v) is 7.93. The maximum absolute atomic E-state index is 14.3. The molecule has 0 aliphatic rings. The topological polar surface area (TPSA) is 77.2 Å². The van der Waals surface area contributed by atoms with E-state index in [2.05, 4.69) is 5.73 Å². The smallest absolute Gasteiger partial charge is 0.366 e. The molecule has 174 valence electrons. The Kier molecular flexibility index (Phi) is 7.25. The fourth-order valence-corrected chi connectivity index (χ4v) is 3.25. The van der Waals surface area contributed by atoms with Crippen LogP contribution in [-0.2, 0) is 14.6 Å². The third kappa shape index (κ3) is 5.36. The minimum absolute atomic E-state index is 2.54. The van der Waals surface area contributed by atoms with E-state index in [-0.39, 0.29) is 0 Å². The number of carbonyl (C=O) groups is 1. The molecule has 0 aliphatic heterocycles. The molecule has 0 aliphatic carbocycles. The Hall–Kier alpha value is -1.49. The number of nitrogens with two attached hydrogens (primary N) is 1. The van der Waals surface area contributed by atoms with Crippen LogP contribution in [0.25, 0.3) is 0 Å². The number of primary amides is 1. The third-order valence-electron chi connectivity index (χ3n) is 3.54. The molecule has 4 nitrogen and oxygen atoms in total. The lowest BCUT2D eigenvalue weighted by Crippen LogP contribution is -2.54. The summed E-state index contributed by atoms with van der Waals surface area (Å²) >= 11 is 0. The van der Waals surface area contributed by atoms with Crippen LogP contribution in [0.1, 0.15) is 19.3 Å². The first-order chi connectivity index (χ1) is 12.4. The summed E-state index contributed by atoms with van der Waals surface area (Å²) in [7, 11) is -6.25. The lowest BCUT2D eigenvalue weighted by atomic mass is 10.1. The van der Waals surface area contributed by atoms with Gasteiger partial charge in [-0.05, 0) is 0 Å². The molecule has 2 N–H and O–H groups in total. The van der Waals surface area contributed by atoms with Gasteiger partial charge in [0.25, 0.3) is 10.9 Å². The van der Waals surface area contributed by atoms with Crippen molar-refractivity contribution in [3.8, 4) is 0 Å². The summed E-state index contributed by atoms with van der Waals surface area (Å²) in [6.07, 6.45) is -21.5. The molecule has 1 amide bonds. The number of hydrogen-bond donors (Lipinski definition) is 1. The zero-order chi connectivity index (χ0) is 23.9. The number of alkyl halides is 13. The fraction of sp³-hybridized carbons (Fsp3) is 0.909. The van der Waals surface area contributed by atoms with Gasteiger partial charge in [0.05, 0.1) is 5.75 Å². The molecule has 1 atom stereocenters. The molecule has 0 radical (unpaired) electrons. The highest BCUT2D eigenvalue weighted by molar-refractivity contribution is 7.93. The van der Waals surface area contributed by atoms with E-state index in [0.717, 1.165) is 0 Å². The van der Waals surface area contributed by atoms with E-state index in [4.69, 9.17) is 0 Å². The minimum atomic E-state index is -6.88. The van der Waals surface area contributed by atoms with E-state index in [1.165, 1.54) is 0 Å². The van der Waals surface area contributed by atoms with Gasteiger partial charge < -0.3 is 5.73 Å². The number of hydrogen-bond acceptors (Lipinski definition) is 3. The zero-order valence-electron chi connectivity index (χ0n) is 13.5. The van der Waals surface area contributed by atoms with Gasteiger partial charge in [-0.3, -0.25) is 4.79 Å². The summed E-state index contributed by atoms with van der Waals surface area (Å²) in [4.78, 5) is 10.9. The lowest BCUT2D eigenvalue weighted by molar-refractivity contribution is -0.354. The summed E-state index contributed by atoms with van der Waals surface area (Å²) in [5, 5.41) is -4.88. The van der Waals surface area contributed by atoms with Gasteiger partial charge in [-0.15, -0.1) is 0 Å². The van der Waals surface area contributed by atoms with Crippen LogP contribution in [-0.4, -0.2) is 55.2 Å². The summed E-state index contributed by atoms with van der Waals surface area (Å²) in [6.45, 7) is 0. The maximum Gasteiger partial charge on any atom is 0.459 e. The van der Waals surface area contributed by atoms with E-state index >= 15 is 0 Å². The maximum atomic E-state index is 14.3. The molecule has 0 heterocycles. The predicted molar refractivity (Wildman–Crippen MR) is 67.6 cm³/mol. The van der Waals surface area contributed by atoms with Crippen LogP contribution in [0.4, 0.5) is 57.1 Å². The Morgan fingerprint density at radius 1 is 0.655 bits per heavy atom. The Labute approximate surface area is 153 Å². The van der Waals surface area contributed by atoms with Crippen molar-refractivity contribution in [3.05, 3.63) is 0 Å². The molecule has 1 unspecified atom stereocenters. The first-order valence-electron chi connectivity index (χ1n) is 6.84. The first kappa shape index (κ1) is 27.5. The highest BCUT2D eigenvalue weighted by atomic mass is 32.2. The number of amides is 1. The third-order valence-corrected chi connectivity index (χ3v) is 5.67. The fourth-order valence-electron chi connectivity index (χ4n) is 1.68. The summed E-state index contributed by atoms with van der Waals surface area (Å²) < 4.78 is 187. The van der Waals surface area contributed by atoms with Gasteiger partial charge in [0.15, 0.2) is 9.84 Å². The van der Waals surface area contributed by atoms with Gasteiger partial charge in [0.2, 0.25) is 0 Å². The normalized spacial score (nSPS) is 17.1. The highest BCUT2D eigenvalue weighted by Gasteiger charge is 2.73. The van der Waals surface area contributed by atoms with Gasteiger partial charge in [-0.2, -0.15) is 52.7 Å². The first-order valence-corrected chi connectivity index (χ1v) is 8.49. The molecular formula is C11H10F13NO3S. The zero-order valence-corrected chi connectivity index (χ0v) is 14.3. The van der Waals surface area contributed by atoms with Crippen LogP contribution in [0.2, 0.25) is 0 Å². The summed E-state index contributed by atoms with van der Waals surface area (Å²) in [5.41, 5.74) is 4.25. The van der Waals surface area contributed by atoms with E-state index in [0.29, 0.717) is 0 Å². The van der Waals surface area contributed by atoms with Crippen LogP contribution in [0.5, 0.6) is 0 Å². The Morgan fingerprint density at radius 2 is 1.07 bits per heavy atom. The van der Waals surface area contributed by atoms with Crippen molar-refractivity contribution in [2.75, 3.05) is 5.75 Å². The van der Waals surface area contributed by atoms with Gasteiger partial charge >= 0.3 is 30.1 Å². The molecule has 0 aromatic carbocycles. The molecule has 0 saturated heterocycles. The van der Waals surface area contributed by atoms with Crippen molar-refractivity contribution in [2.45, 2.75) is 54.4 Å². The van der Waals surface area contributed by atoms with Crippen molar-refractivity contribution >= 4 is 15.7 Å². The second kappa shape index (κ2) is 7.64. The molecule has 0 spiro atoms. The van der Waals surface area contributed by atoms with Crippen LogP contribution < -0.4 is 5.73 Å². The van der Waals surface area contributed by atoms with Crippen molar-refractivity contribution in [1.82, 2.24) is 0 Å². The van der Waals surface area contributed by atoms with Crippen molar-refractivity contribution in [3.63, 3.8) is 0 Å². The quantitative estimate of drug-likeness (QED) is 0.508. The highest BCUT2D eigenvalue weighted by Crippen LogP contribution is 2.48. The predicted octanol–water partition coefficient (Wildman–Crippen LogP) is 3.75. The monoisotopic (exact) mass is 483 g/mol. The SMILES string of the molecule is NC(=O)C(F)(CCC(F)(F)C(F)(F)F)S(=O)(=O)CCC(F)(F)C(F)(F)C(F)(F)F. The molecule has 29 heavy (non-hydrogen) atoms. The van der Waals surface area contributed by atoms with Gasteiger partial charge in [-0.1, -0.05) is 0 Å². The largest absolute Gasteiger partial charge is 0.459 e. The van der Waals surface area contributed by atoms with E-state index in [1.807, 2.05) is 0 Å². The van der Waals surface area contributed by atoms with Crippen molar-refractivity contribution in [1.29, 1.82) is 0 Å². The number of carbonyl (C=O) groups excluding carboxylic acids is 1. The van der Waals surface area contributed by atoms with Crippen molar-refractivity contribution in [2.24, 2.45) is 5.73 Å².